The van der Waals surface area contributed by atoms with Crippen LogP contribution in [0.4, 0.5) is 0 Å². The summed E-state index contributed by atoms with van der Waals surface area (Å²) in [5, 5.41) is 0. The van der Waals surface area contributed by atoms with Crippen LogP contribution in [0.2, 0.25) is 0 Å². The first kappa shape index (κ1) is 6.45. The second-order valence-corrected chi connectivity index (χ2v) is 5.83. The van der Waals surface area contributed by atoms with Crippen LogP contribution in [0.15, 0.2) is 0 Å². The van der Waals surface area contributed by atoms with Gasteiger partial charge in [-0.05, 0) is 54.8 Å². The Bertz CT molecular complexity index is 200. The summed E-state index contributed by atoms with van der Waals surface area (Å²) in [6.45, 7) is 0. The molecule has 12 heavy (non-hydrogen) atoms. The molecule has 0 amide bonds. The molecule has 4 rings (SSSR count). The van der Waals surface area contributed by atoms with Crippen LogP contribution in [0.25, 0.3) is 0 Å². The fraction of sp³-hybridized carbons (Fsp3) is 1.00. The molecule has 4 unspecified atom stereocenters. The zero-order chi connectivity index (χ0) is 7.71. The van der Waals surface area contributed by atoms with Crippen molar-refractivity contribution in [3.05, 3.63) is 0 Å². The minimum absolute atomic E-state index is 1.20. The molecule has 0 aromatic rings. The van der Waals surface area contributed by atoms with Crippen molar-refractivity contribution in [1.82, 2.24) is 0 Å². The van der Waals surface area contributed by atoms with Crippen molar-refractivity contribution >= 4 is 0 Å². The highest BCUT2D eigenvalue weighted by Gasteiger charge is 2.60. The van der Waals surface area contributed by atoms with E-state index in [2.05, 4.69) is 0 Å². The lowest BCUT2D eigenvalue weighted by atomic mass is 9.68. The second-order valence-electron chi connectivity index (χ2n) is 5.83. The third-order valence-electron chi connectivity index (χ3n) is 5.59. The Hall–Kier alpha value is 0. The van der Waals surface area contributed by atoms with Gasteiger partial charge >= 0.3 is 0 Å². The maximum absolute atomic E-state index is 1.64. The van der Waals surface area contributed by atoms with E-state index >= 15 is 0 Å². The molecule has 4 saturated carbocycles. The van der Waals surface area contributed by atoms with Crippen molar-refractivity contribution in [3.8, 4) is 0 Å². The molecule has 4 aliphatic rings. The molecule has 0 nitrogen and oxygen atoms in total. The molecule has 0 bridgehead atoms. The summed E-state index contributed by atoms with van der Waals surface area (Å²) in [6, 6.07) is 0. The van der Waals surface area contributed by atoms with Crippen LogP contribution >= 0.6 is 0 Å². The normalized spacial score (nSPS) is 66.0. The topological polar surface area (TPSA) is 0 Å². The maximum Gasteiger partial charge on any atom is -0.0323 e. The molecular weight excluding hydrogens is 144 g/mol. The van der Waals surface area contributed by atoms with Gasteiger partial charge in [-0.25, -0.2) is 0 Å². The molecule has 0 N–H and O–H groups in total. The summed E-state index contributed by atoms with van der Waals surface area (Å²) in [7, 11) is 0. The molecule has 4 fully saturated rings. The van der Waals surface area contributed by atoms with Crippen LogP contribution in [0.3, 0.4) is 0 Å². The maximum atomic E-state index is 1.64. The van der Waals surface area contributed by atoms with Gasteiger partial charge < -0.3 is 0 Å². The van der Waals surface area contributed by atoms with E-state index in [1.165, 1.54) is 35.5 Å². The van der Waals surface area contributed by atoms with Crippen molar-refractivity contribution in [3.63, 3.8) is 0 Å². The van der Waals surface area contributed by atoms with Gasteiger partial charge in [-0.15, -0.1) is 0 Å². The standard InChI is InChI=1S/C12H18/c1-2-7-4-9-6-10-5-8(3-1)11(7)12(9)10/h7-12H,1-6H2. The summed E-state index contributed by atoms with van der Waals surface area (Å²) < 4.78 is 0. The third kappa shape index (κ3) is 0.561. The SMILES string of the molecule is C1CC2CC3CC4CC(C1)C2C34. The molecule has 4 atom stereocenters. The van der Waals surface area contributed by atoms with E-state index in [9.17, 15) is 0 Å². The van der Waals surface area contributed by atoms with Gasteiger partial charge in [0, 0.05) is 0 Å². The van der Waals surface area contributed by atoms with E-state index in [0.29, 0.717) is 0 Å². The molecule has 0 aliphatic heterocycles. The van der Waals surface area contributed by atoms with E-state index in [0.717, 1.165) is 0 Å². The van der Waals surface area contributed by atoms with Crippen LogP contribution in [-0.2, 0) is 0 Å². The summed E-state index contributed by atoms with van der Waals surface area (Å²) in [6.07, 6.45) is 9.68. The van der Waals surface area contributed by atoms with E-state index in [4.69, 9.17) is 0 Å². The average molecular weight is 162 g/mol. The Kier molecular flexibility index (Phi) is 1.03. The molecule has 0 heterocycles. The molecule has 0 spiro atoms. The highest BCUT2D eigenvalue weighted by molar-refractivity contribution is 5.09. The van der Waals surface area contributed by atoms with Gasteiger partial charge in [-0.3, -0.25) is 0 Å². The third-order valence-corrected chi connectivity index (χ3v) is 5.59. The first-order valence-corrected chi connectivity index (χ1v) is 5.93. The minimum Gasteiger partial charge on any atom is -0.0528 e. The van der Waals surface area contributed by atoms with Crippen molar-refractivity contribution < 1.29 is 0 Å². The average Bonchev–Trinajstić information content (AvgIpc) is 2.50. The Labute approximate surface area is 74.7 Å². The van der Waals surface area contributed by atoms with Gasteiger partial charge in [0.1, 0.15) is 0 Å². The van der Waals surface area contributed by atoms with Gasteiger partial charge in [0.2, 0.25) is 0 Å². The van der Waals surface area contributed by atoms with Gasteiger partial charge in [0.25, 0.3) is 0 Å². The quantitative estimate of drug-likeness (QED) is 0.513. The van der Waals surface area contributed by atoms with Gasteiger partial charge in [0.15, 0.2) is 0 Å². The summed E-state index contributed by atoms with van der Waals surface area (Å²) in [5.41, 5.74) is 0. The highest BCUT2D eigenvalue weighted by Crippen LogP contribution is 2.68. The molecule has 0 aromatic heterocycles. The molecule has 66 valence electrons. The van der Waals surface area contributed by atoms with Crippen LogP contribution in [0, 0.1) is 35.5 Å². The van der Waals surface area contributed by atoms with Gasteiger partial charge in [0.05, 0.1) is 0 Å². The molecular formula is C12H18. The predicted molar refractivity (Wildman–Crippen MR) is 48.6 cm³/mol. The van der Waals surface area contributed by atoms with Crippen molar-refractivity contribution in [1.29, 1.82) is 0 Å². The fourth-order valence-electron chi connectivity index (χ4n) is 5.40. The van der Waals surface area contributed by atoms with Crippen LogP contribution in [-0.4, -0.2) is 0 Å². The molecule has 4 aliphatic carbocycles. The van der Waals surface area contributed by atoms with Crippen LogP contribution < -0.4 is 0 Å². The molecule has 0 radical (unpaired) electrons. The minimum atomic E-state index is 1.20. The number of hydrogen-bond acceptors (Lipinski definition) is 0. The number of hydrogen-bond donors (Lipinski definition) is 0. The van der Waals surface area contributed by atoms with Gasteiger partial charge in [-0.2, -0.15) is 0 Å². The Morgan fingerprint density at radius 1 is 0.583 bits per heavy atom. The summed E-state index contributed by atoms with van der Waals surface area (Å²) in [5.74, 6) is 7.32. The smallest absolute Gasteiger partial charge is 0.0323 e. The van der Waals surface area contributed by atoms with Crippen molar-refractivity contribution in [2.45, 2.75) is 38.5 Å². The highest BCUT2D eigenvalue weighted by atomic mass is 14.7. The second kappa shape index (κ2) is 1.91. The molecule has 0 heteroatoms. The van der Waals surface area contributed by atoms with Crippen molar-refractivity contribution in [2.24, 2.45) is 35.5 Å². The summed E-state index contributed by atoms with van der Waals surface area (Å²) in [4.78, 5) is 0. The fourth-order valence-corrected chi connectivity index (χ4v) is 5.40. The van der Waals surface area contributed by atoms with E-state index in [-0.39, 0.29) is 0 Å². The van der Waals surface area contributed by atoms with E-state index in [1.807, 2.05) is 0 Å². The Morgan fingerprint density at radius 2 is 1.08 bits per heavy atom. The Balaban J connectivity index is 1.77. The van der Waals surface area contributed by atoms with E-state index < -0.39 is 0 Å². The van der Waals surface area contributed by atoms with Crippen LogP contribution in [0.1, 0.15) is 38.5 Å². The monoisotopic (exact) mass is 162 g/mol. The first-order valence-electron chi connectivity index (χ1n) is 5.93. The lowest BCUT2D eigenvalue weighted by Gasteiger charge is -2.37. The van der Waals surface area contributed by atoms with Gasteiger partial charge in [-0.1, -0.05) is 19.3 Å². The lowest BCUT2D eigenvalue weighted by molar-refractivity contribution is 0.114. The van der Waals surface area contributed by atoms with E-state index in [1.54, 1.807) is 38.5 Å². The number of rotatable bonds is 0. The predicted octanol–water partition coefficient (Wildman–Crippen LogP) is 3.08. The van der Waals surface area contributed by atoms with Crippen LogP contribution in [0.5, 0.6) is 0 Å². The molecule has 0 saturated heterocycles. The largest absolute Gasteiger partial charge is 0.0528 e. The first-order chi connectivity index (χ1) is 5.93. The zero-order valence-corrected chi connectivity index (χ0v) is 7.71. The van der Waals surface area contributed by atoms with Crippen molar-refractivity contribution in [2.75, 3.05) is 0 Å². The lowest BCUT2D eigenvalue weighted by Crippen LogP contribution is -2.30. The summed E-state index contributed by atoms with van der Waals surface area (Å²) >= 11 is 0. The molecule has 0 aromatic carbocycles. The Morgan fingerprint density at radius 3 is 1.75 bits per heavy atom. The zero-order valence-electron chi connectivity index (χ0n) is 7.71.